The molecule has 4 rings (SSSR count). The van der Waals surface area contributed by atoms with Crippen LogP contribution in [0.4, 0.5) is 0 Å². The van der Waals surface area contributed by atoms with Gasteiger partial charge in [0.15, 0.2) is 0 Å². The second-order valence-electron chi connectivity index (χ2n) is 7.69. The molecule has 3 aromatic carbocycles. The highest BCUT2D eigenvalue weighted by Gasteiger charge is 2.44. The van der Waals surface area contributed by atoms with Crippen LogP contribution in [0, 0.1) is 17.2 Å². The van der Waals surface area contributed by atoms with Crippen LogP contribution in [0.1, 0.15) is 17.0 Å². The molecule has 1 aliphatic heterocycles. The number of benzene rings is 3. The van der Waals surface area contributed by atoms with E-state index >= 15 is 0 Å². The summed E-state index contributed by atoms with van der Waals surface area (Å²) in [5, 5.41) is 15.6. The van der Waals surface area contributed by atoms with E-state index in [0.29, 0.717) is 32.1 Å². The number of esters is 1. The van der Waals surface area contributed by atoms with E-state index in [1.54, 1.807) is 25.3 Å². The molecule has 172 valence electrons. The lowest BCUT2D eigenvalue weighted by Crippen LogP contribution is -2.44. The first-order valence-electron chi connectivity index (χ1n) is 10.4. The van der Waals surface area contributed by atoms with E-state index in [2.05, 4.69) is 45.5 Å². The highest BCUT2D eigenvalue weighted by atomic mass is 79.9. The Labute approximate surface area is 210 Å². The Kier molecular flexibility index (Phi) is 7.25. The van der Waals surface area contributed by atoms with E-state index in [0.717, 1.165) is 16.3 Å². The predicted molar refractivity (Wildman–Crippen MR) is 135 cm³/mol. The highest BCUT2D eigenvalue weighted by Crippen LogP contribution is 2.42. The first-order valence-corrected chi connectivity index (χ1v) is 12.2. The first-order chi connectivity index (χ1) is 16.5. The average molecular weight is 537 g/mol. The lowest BCUT2D eigenvalue weighted by Gasteiger charge is -2.31. The number of nitriles is 1. The van der Waals surface area contributed by atoms with Gasteiger partial charge in [-0.2, -0.15) is 5.26 Å². The number of nitrogens with one attached hydrogen (secondary N) is 1. The molecule has 6 nitrogen and oxygen atoms in total. The summed E-state index contributed by atoms with van der Waals surface area (Å²) in [7, 11) is 2.78. The number of rotatable bonds is 6. The van der Waals surface area contributed by atoms with Crippen LogP contribution in [0.15, 0.2) is 75.7 Å². The van der Waals surface area contributed by atoms with E-state index < -0.39 is 23.7 Å². The summed E-state index contributed by atoms with van der Waals surface area (Å²) >= 11 is 4.82. The fraction of sp³-hybridized carbons (Fsp3) is 0.192. The minimum atomic E-state index is -1.18. The van der Waals surface area contributed by atoms with Crippen LogP contribution in [-0.4, -0.2) is 26.1 Å². The van der Waals surface area contributed by atoms with Crippen molar-refractivity contribution < 1.29 is 19.1 Å². The summed E-state index contributed by atoms with van der Waals surface area (Å²) in [5.74, 6) is -2.00. The van der Waals surface area contributed by atoms with Crippen LogP contribution in [0.3, 0.4) is 0 Å². The molecular weight excluding hydrogens is 516 g/mol. The lowest BCUT2D eigenvalue weighted by molar-refractivity contribution is -0.150. The fourth-order valence-corrected chi connectivity index (χ4v) is 5.59. The highest BCUT2D eigenvalue weighted by molar-refractivity contribution is 9.10. The maximum atomic E-state index is 13.0. The summed E-state index contributed by atoms with van der Waals surface area (Å²) in [6.45, 7) is 0. The first kappa shape index (κ1) is 23.9. The SMILES string of the molecule is COC(=O)[C@H]1C(=O)NC(SCc2ccc3ccccc3c2)=C(C#N)[C@H]1c1ccc(OC)c(Br)c1. The van der Waals surface area contributed by atoms with Crippen LogP contribution in [0.5, 0.6) is 5.75 Å². The van der Waals surface area contributed by atoms with Crippen molar-refractivity contribution in [1.29, 1.82) is 5.26 Å². The number of halogens is 1. The van der Waals surface area contributed by atoms with Gasteiger partial charge < -0.3 is 14.8 Å². The number of ether oxygens (including phenoxy) is 2. The van der Waals surface area contributed by atoms with Gasteiger partial charge in [0.1, 0.15) is 11.7 Å². The van der Waals surface area contributed by atoms with Gasteiger partial charge in [0.05, 0.1) is 35.4 Å². The molecular formula is C26H21BrN2O4S. The Bertz CT molecular complexity index is 1350. The van der Waals surface area contributed by atoms with E-state index in [4.69, 9.17) is 9.47 Å². The molecule has 0 aliphatic carbocycles. The van der Waals surface area contributed by atoms with Gasteiger partial charge in [-0.1, -0.05) is 48.5 Å². The third-order valence-corrected chi connectivity index (χ3v) is 7.42. The standard InChI is InChI=1S/C26H21BrN2O4S/c1-32-21-10-9-18(12-20(21)27)22-19(13-28)25(29-24(30)23(22)26(31)33-2)34-14-15-7-8-16-5-3-4-6-17(16)11-15/h3-12,22-23H,14H2,1-2H3,(H,29,30)/t22-,23-/m1/s1. The van der Waals surface area contributed by atoms with E-state index in [9.17, 15) is 14.9 Å². The molecule has 1 aliphatic rings. The average Bonchev–Trinajstić information content (AvgIpc) is 2.86. The summed E-state index contributed by atoms with van der Waals surface area (Å²) in [6.07, 6.45) is 0. The zero-order valence-corrected chi connectivity index (χ0v) is 20.9. The number of allylic oxidation sites excluding steroid dienone is 1. The number of nitrogens with zero attached hydrogens (tertiary/aromatic N) is 1. The zero-order chi connectivity index (χ0) is 24.2. The topological polar surface area (TPSA) is 88.4 Å². The lowest BCUT2D eigenvalue weighted by atomic mass is 9.78. The molecule has 0 saturated carbocycles. The van der Waals surface area contributed by atoms with Crippen LogP contribution in [0.2, 0.25) is 0 Å². The second kappa shape index (κ2) is 10.3. The van der Waals surface area contributed by atoms with Gasteiger partial charge >= 0.3 is 5.97 Å². The van der Waals surface area contributed by atoms with Gasteiger partial charge in [0, 0.05) is 11.7 Å². The quantitative estimate of drug-likeness (QED) is 0.340. The molecule has 0 spiro atoms. The van der Waals surface area contributed by atoms with Crippen molar-refractivity contribution in [1.82, 2.24) is 5.32 Å². The summed E-state index contributed by atoms with van der Waals surface area (Å²) in [6, 6.07) is 21.7. The normalized spacial score (nSPS) is 17.8. The van der Waals surface area contributed by atoms with Crippen LogP contribution in [0.25, 0.3) is 10.8 Å². The van der Waals surface area contributed by atoms with Gasteiger partial charge in [-0.25, -0.2) is 0 Å². The second-order valence-corrected chi connectivity index (χ2v) is 9.53. The predicted octanol–water partition coefficient (Wildman–Crippen LogP) is 5.28. The Morgan fingerprint density at radius 1 is 1.12 bits per heavy atom. The molecule has 1 heterocycles. The Hall–Kier alpha value is -3.28. The number of hydrogen-bond acceptors (Lipinski definition) is 6. The molecule has 3 aromatic rings. The van der Waals surface area contributed by atoms with E-state index in [1.807, 2.05) is 24.3 Å². The Morgan fingerprint density at radius 3 is 2.56 bits per heavy atom. The monoisotopic (exact) mass is 536 g/mol. The molecule has 0 radical (unpaired) electrons. The van der Waals surface area contributed by atoms with Crippen LogP contribution < -0.4 is 10.1 Å². The number of hydrogen-bond donors (Lipinski definition) is 1. The van der Waals surface area contributed by atoms with Crippen LogP contribution in [-0.2, 0) is 20.1 Å². The van der Waals surface area contributed by atoms with Crippen molar-refractivity contribution in [3.63, 3.8) is 0 Å². The minimum absolute atomic E-state index is 0.317. The summed E-state index contributed by atoms with van der Waals surface area (Å²) < 4.78 is 10.9. The number of carbonyl (C=O) groups excluding carboxylic acids is 2. The number of amides is 1. The molecule has 34 heavy (non-hydrogen) atoms. The van der Waals surface area contributed by atoms with Crippen molar-refractivity contribution in [2.75, 3.05) is 14.2 Å². The summed E-state index contributed by atoms with van der Waals surface area (Å²) in [5.41, 5.74) is 2.01. The van der Waals surface area contributed by atoms with Gasteiger partial charge in [-0.3, -0.25) is 9.59 Å². The third kappa shape index (κ3) is 4.67. The molecule has 2 atom stereocenters. The van der Waals surface area contributed by atoms with Crippen molar-refractivity contribution >= 4 is 50.3 Å². The Balaban J connectivity index is 1.72. The van der Waals surface area contributed by atoms with Gasteiger partial charge in [-0.05, 0) is 50.0 Å². The van der Waals surface area contributed by atoms with Gasteiger partial charge in [-0.15, -0.1) is 11.8 Å². The molecule has 0 aromatic heterocycles. The van der Waals surface area contributed by atoms with Gasteiger partial charge in [0.25, 0.3) is 0 Å². The van der Waals surface area contributed by atoms with Crippen molar-refractivity contribution in [2.24, 2.45) is 5.92 Å². The van der Waals surface area contributed by atoms with E-state index in [-0.39, 0.29) is 0 Å². The van der Waals surface area contributed by atoms with Gasteiger partial charge in [0.2, 0.25) is 5.91 Å². The molecule has 0 unspecified atom stereocenters. The maximum absolute atomic E-state index is 13.0. The van der Waals surface area contributed by atoms with Crippen molar-refractivity contribution in [2.45, 2.75) is 11.7 Å². The molecule has 1 amide bonds. The van der Waals surface area contributed by atoms with Crippen molar-refractivity contribution in [3.05, 3.63) is 86.9 Å². The molecule has 1 N–H and O–H groups in total. The molecule has 0 bridgehead atoms. The number of thioether (sulfide) groups is 1. The third-order valence-electron chi connectivity index (χ3n) is 5.72. The zero-order valence-electron chi connectivity index (χ0n) is 18.5. The van der Waals surface area contributed by atoms with Crippen LogP contribution >= 0.6 is 27.7 Å². The number of fused-ring (bicyclic) bond motifs is 1. The molecule has 8 heteroatoms. The smallest absolute Gasteiger partial charge is 0.319 e. The van der Waals surface area contributed by atoms with E-state index in [1.165, 1.54) is 18.9 Å². The summed E-state index contributed by atoms with van der Waals surface area (Å²) in [4.78, 5) is 25.6. The maximum Gasteiger partial charge on any atom is 0.319 e. The minimum Gasteiger partial charge on any atom is -0.496 e. The van der Waals surface area contributed by atoms with Crippen molar-refractivity contribution in [3.8, 4) is 11.8 Å². The largest absolute Gasteiger partial charge is 0.496 e. The molecule has 0 fully saturated rings. The number of carbonyl (C=O) groups is 2. The number of methoxy groups -OCH3 is 2. The molecule has 0 saturated heterocycles. The fourth-order valence-electron chi connectivity index (χ4n) is 4.04. The Morgan fingerprint density at radius 2 is 1.88 bits per heavy atom.